The van der Waals surface area contributed by atoms with Crippen molar-refractivity contribution in [1.29, 1.82) is 0 Å². The molecule has 2 rings (SSSR count). The largest absolute Gasteiger partial charge is 0.355 e. The van der Waals surface area contributed by atoms with E-state index >= 15 is 0 Å². The van der Waals surface area contributed by atoms with Crippen molar-refractivity contribution in [3.63, 3.8) is 0 Å². The van der Waals surface area contributed by atoms with E-state index in [1.165, 1.54) is 0 Å². The number of nitrogens with one attached hydrogen (secondary N) is 1. The van der Waals surface area contributed by atoms with E-state index in [-0.39, 0.29) is 0 Å². The first-order chi connectivity index (χ1) is 10.2. The molecule has 0 unspecified atom stereocenters. The van der Waals surface area contributed by atoms with Gasteiger partial charge >= 0.3 is 0 Å². The van der Waals surface area contributed by atoms with Gasteiger partial charge in [0.05, 0.1) is 0 Å². The minimum absolute atomic E-state index is 1.04. The number of hydrogen-bond donors (Lipinski definition) is 1. The van der Waals surface area contributed by atoms with E-state index in [1.54, 1.807) is 23.5 Å². The lowest BCUT2D eigenvalue weighted by Gasteiger charge is -2.33. The Morgan fingerprint density at radius 3 is 1.86 bits per heavy atom. The van der Waals surface area contributed by atoms with Gasteiger partial charge in [-0.15, -0.1) is 0 Å². The minimum Gasteiger partial charge on any atom is -0.355 e. The van der Waals surface area contributed by atoms with E-state index in [4.69, 9.17) is 24.4 Å². The molecule has 8 heteroatoms. The van der Waals surface area contributed by atoms with Crippen LogP contribution in [0.25, 0.3) is 0 Å². The van der Waals surface area contributed by atoms with Gasteiger partial charge in [0.1, 0.15) is 8.64 Å². The second-order valence-corrected chi connectivity index (χ2v) is 8.71. The van der Waals surface area contributed by atoms with Gasteiger partial charge < -0.3 is 20.0 Å². The van der Waals surface area contributed by atoms with Crippen molar-refractivity contribution >= 4 is 56.6 Å². The molecule has 2 saturated heterocycles. The Morgan fingerprint density at radius 2 is 1.33 bits per heavy atom. The maximum atomic E-state index is 5.53. The molecule has 0 spiro atoms. The molecule has 0 radical (unpaired) electrons. The molecule has 0 saturated carbocycles. The monoisotopic (exact) mass is 364 g/mol. The van der Waals surface area contributed by atoms with E-state index in [0.29, 0.717) is 0 Å². The molecule has 2 fully saturated rings. The molecule has 1 N–H and O–H groups in total. The standard InChI is InChI=1S/C13H24N4S4/c1-15-6-8-17(9-7-15)13(19)21-11-10-20-12(18)16-4-2-14-3-5-16/h14H,2-11H2,1H3. The number of hydrogen-bond acceptors (Lipinski definition) is 6. The zero-order valence-electron chi connectivity index (χ0n) is 12.5. The summed E-state index contributed by atoms with van der Waals surface area (Å²) < 4.78 is 2.10. The quantitative estimate of drug-likeness (QED) is 0.588. The van der Waals surface area contributed by atoms with Gasteiger partial charge in [-0.25, -0.2) is 0 Å². The zero-order chi connectivity index (χ0) is 15.1. The van der Waals surface area contributed by atoms with Crippen LogP contribution in [0.3, 0.4) is 0 Å². The van der Waals surface area contributed by atoms with Crippen molar-refractivity contribution in [1.82, 2.24) is 20.0 Å². The Labute approximate surface area is 147 Å². The van der Waals surface area contributed by atoms with Crippen LogP contribution >= 0.6 is 48.0 Å². The molecule has 0 amide bonds. The first-order valence-electron chi connectivity index (χ1n) is 7.39. The van der Waals surface area contributed by atoms with E-state index < -0.39 is 0 Å². The molecule has 0 aliphatic carbocycles. The SMILES string of the molecule is CN1CCN(C(=S)SCCSC(=S)N2CCNCC2)CC1. The molecule has 0 aromatic carbocycles. The van der Waals surface area contributed by atoms with E-state index in [1.807, 2.05) is 0 Å². The Balaban J connectivity index is 1.56. The van der Waals surface area contributed by atoms with Crippen LogP contribution in [0.2, 0.25) is 0 Å². The highest BCUT2D eigenvalue weighted by atomic mass is 32.2. The van der Waals surface area contributed by atoms with Gasteiger partial charge in [0.15, 0.2) is 0 Å². The van der Waals surface area contributed by atoms with Crippen LogP contribution < -0.4 is 5.32 Å². The summed E-state index contributed by atoms with van der Waals surface area (Å²) in [4.78, 5) is 6.99. The average molecular weight is 365 g/mol. The molecule has 2 aliphatic rings. The molecule has 120 valence electrons. The molecular formula is C13H24N4S4. The lowest BCUT2D eigenvalue weighted by atomic mass is 10.4. The molecule has 2 heterocycles. The maximum Gasteiger partial charge on any atom is 0.136 e. The summed E-state index contributed by atoms with van der Waals surface area (Å²) in [5.41, 5.74) is 0. The van der Waals surface area contributed by atoms with Crippen molar-refractivity contribution in [3.05, 3.63) is 0 Å². The van der Waals surface area contributed by atoms with Crippen molar-refractivity contribution in [2.75, 3.05) is 70.9 Å². The Kier molecular flexibility index (Phi) is 8.05. The van der Waals surface area contributed by atoms with Crippen molar-refractivity contribution < 1.29 is 0 Å². The lowest BCUT2D eigenvalue weighted by Crippen LogP contribution is -2.46. The van der Waals surface area contributed by atoms with Gasteiger partial charge in [0, 0.05) is 63.9 Å². The van der Waals surface area contributed by atoms with Crippen LogP contribution in [-0.4, -0.2) is 94.3 Å². The number of thiocarbonyl (C=S) groups is 2. The summed E-state index contributed by atoms with van der Waals surface area (Å²) in [6.07, 6.45) is 0. The third kappa shape index (κ3) is 6.19. The van der Waals surface area contributed by atoms with Crippen LogP contribution in [0, 0.1) is 0 Å². The van der Waals surface area contributed by atoms with Crippen molar-refractivity contribution in [2.24, 2.45) is 0 Å². The molecular weight excluding hydrogens is 340 g/mol. The molecule has 0 atom stereocenters. The molecule has 0 bridgehead atoms. The minimum atomic E-state index is 1.04. The topological polar surface area (TPSA) is 21.8 Å². The molecule has 4 nitrogen and oxygen atoms in total. The summed E-state index contributed by atoms with van der Waals surface area (Å²) in [5, 5.41) is 3.35. The number of likely N-dealkylation sites (N-methyl/N-ethyl adjacent to an activating group) is 1. The predicted molar refractivity (Wildman–Crippen MR) is 104 cm³/mol. The number of nitrogens with zero attached hydrogens (tertiary/aromatic N) is 3. The van der Waals surface area contributed by atoms with Crippen molar-refractivity contribution in [3.8, 4) is 0 Å². The van der Waals surface area contributed by atoms with Gasteiger partial charge in [-0.05, 0) is 7.05 Å². The van der Waals surface area contributed by atoms with Crippen LogP contribution in [0.15, 0.2) is 0 Å². The van der Waals surface area contributed by atoms with E-state index in [0.717, 1.165) is 72.5 Å². The molecule has 0 aromatic rings. The van der Waals surface area contributed by atoms with Crippen molar-refractivity contribution in [2.45, 2.75) is 0 Å². The fraction of sp³-hybridized carbons (Fsp3) is 0.846. The van der Waals surface area contributed by atoms with Gasteiger partial charge in [-0.2, -0.15) is 0 Å². The maximum absolute atomic E-state index is 5.53. The third-order valence-corrected chi connectivity index (χ3v) is 6.98. The van der Waals surface area contributed by atoms with Gasteiger partial charge in [0.2, 0.25) is 0 Å². The van der Waals surface area contributed by atoms with E-state index in [2.05, 4.69) is 27.1 Å². The fourth-order valence-corrected chi connectivity index (χ4v) is 4.89. The summed E-state index contributed by atoms with van der Waals surface area (Å²) in [6.45, 7) is 8.53. The molecule has 21 heavy (non-hydrogen) atoms. The first-order valence-corrected chi connectivity index (χ1v) is 10.2. The first kappa shape index (κ1) is 17.7. The number of thioether (sulfide) groups is 2. The number of piperazine rings is 2. The zero-order valence-corrected chi connectivity index (χ0v) is 15.8. The average Bonchev–Trinajstić information content (AvgIpc) is 2.52. The summed E-state index contributed by atoms with van der Waals surface area (Å²) >= 11 is 14.6. The van der Waals surface area contributed by atoms with E-state index in [9.17, 15) is 0 Å². The third-order valence-electron chi connectivity index (χ3n) is 3.67. The summed E-state index contributed by atoms with van der Waals surface area (Å²) in [6, 6.07) is 0. The van der Waals surface area contributed by atoms with Crippen LogP contribution in [-0.2, 0) is 0 Å². The smallest absolute Gasteiger partial charge is 0.136 e. The van der Waals surface area contributed by atoms with Crippen LogP contribution in [0.1, 0.15) is 0 Å². The van der Waals surface area contributed by atoms with Crippen LogP contribution in [0.5, 0.6) is 0 Å². The Bertz CT molecular complexity index is 352. The van der Waals surface area contributed by atoms with Gasteiger partial charge in [-0.1, -0.05) is 48.0 Å². The highest BCUT2D eigenvalue weighted by Crippen LogP contribution is 2.16. The molecule has 2 aliphatic heterocycles. The Morgan fingerprint density at radius 1 is 0.857 bits per heavy atom. The summed E-state index contributed by atoms with van der Waals surface area (Å²) in [5.74, 6) is 2.09. The van der Waals surface area contributed by atoms with Crippen LogP contribution in [0.4, 0.5) is 0 Å². The number of rotatable bonds is 3. The second kappa shape index (κ2) is 9.52. The fourth-order valence-electron chi connectivity index (χ4n) is 2.28. The van der Waals surface area contributed by atoms with Gasteiger partial charge in [-0.3, -0.25) is 0 Å². The highest BCUT2D eigenvalue weighted by Gasteiger charge is 2.17. The molecule has 0 aromatic heterocycles. The highest BCUT2D eigenvalue weighted by molar-refractivity contribution is 8.25. The summed E-state index contributed by atoms with van der Waals surface area (Å²) in [7, 11) is 2.17. The predicted octanol–water partition coefficient (Wildman–Crippen LogP) is 1.18. The Hall–Kier alpha value is 0.400. The normalized spacial score (nSPS) is 20.6. The van der Waals surface area contributed by atoms with Gasteiger partial charge in [0.25, 0.3) is 0 Å². The lowest BCUT2D eigenvalue weighted by molar-refractivity contribution is 0.220. The second-order valence-electron chi connectivity index (χ2n) is 5.26.